The number of carbonyl (C=O) groups excluding carboxylic acids is 2. The van der Waals surface area contributed by atoms with Crippen molar-refractivity contribution in [2.24, 2.45) is 0 Å². The molecule has 2 rings (SSSR count). The summed E-state index contributed by atoms with van der Waals surface area (Å²) in [7, 11) is 3.51. The van der Waals surface area contributed by atoms with Crippen molar-refractivity contribution >= 4 is 11.9 Å². The summed E-state index contributed by atoms with van der Waals surface area (Å²) >= 11 is 0. The van der Waals surface area contributed by atoms with Gasteiger partial charge in [0.05, 0.1) is 0 Å². The topological polar surface area (TPSA) is 61.9 Å². The van der Waals surface area contributed by atoms with E-state index in [0.717, 1.165) is 35.3 Å². The number of urea groups is 1. The molecule has 1 N–H and O–H groups in total. The summed E-state index contributed by atoms with van der Waals surface area (Å²) in [6.45, 7) is 7.37. The van der Waals surface area contributed by atoms with Crippen molar-refractivity contribution in [2.75, 3.05) is 33.8 Å². The predicted molar refractivity (Wildman–Crippen MR) is 98.0 cm³/mol. The lowest BCUT2D eigenvalue weighted by Gasteiger charge is -2.33. The van der Waals surface area contributed by atoms with Crippen LogP contribution in [0.2, 0.25) is 0 Å². The number of ether oxygens (including phenoxy) is 1. The zero-order valence-electron chi connectivity index (χ0n) is 15.9. The number of rotatable bonds is 4. The summed E-state index contributed by atoms with van der Waals surface area (Å²) < 4.78 is 5.76. The van der Waals surface area contributed by atoms with Gasteiger partial charge in [-0.2, -0.15) is 0 Å². The van der Waals surface area contributed by atoms with Gasteiger partial charge >= 0.3 is 6.03 Å². The lowest BCUT2D eigenvalue weighted by atomic mass is 10.1. The fourth-order valence-electron chi connectivity index (χ4n) is 3.05. The Hall–Kier alpha value is -2.24. The number of hydrogen-bond acceptors (Lipinski definition) is 3. The molecule has 1 aliphatic heterocycles. The Bertz CT molecular complexity index is 635. The molecule has 0 aliphatic carbocycles. The molecule has 6 nitrogen and oxygen atoms in total. The van der Waals surface area contributed by atoms with Crippen LogP contribution in [0.1, 0.15) is 29.5 Å². The number of aryl methyl sites for hydroxylation is 2. The van der Waals surface area contributed by atoms with Gasteiger partial charge in [-0.1, -0.05) is 12.1 Å². The van der Waals surface area contributed by atoms with Crippen molar-refractivity contribution in [2.45, 2.75) is 39.7 Å². The molecule has 138 valence electrons. The molecular weight excluding hydrogens is 318 g/mol. The summed E-state index contributed by atoms with van der Waals surface area (Å²) in [5, 5.41) is 3.02. The normalized spacial score (nSPS) is 15.0. The number of nitrogens with one attached hydrogen (secondary N) is 1. The van der Waals surface area contributed by atoms with Crippen LogP contribution in [0.4, 0.5) is 4.79 Å². The highest BCUT2D eigenvalue weighted by molar-refractivity contribution is 5.78. The van der Waals surface area contributed by atoms with E-state index >= 15 is 0 Å². The second-order valence-corrected chi connectivity index (χ2v) is 6.95. The Morgan fingerprint density at radius 1 is 1.16 bits per heavy atom. The van der Waals surface area contributed by atoms with Crippen LogP contribution in [0.5, 0.6) is 5.75 Å². The quantitative estimate of drug-likeness (QED) is 0.909. The Morgan fingerprint density at radius 3 is 2.36 bits per heavy atom. The minimum atomic E-state index is -0.113. The molecule has 0 unspecified atom stereocenters. The summed E-state index contributed by atoms with van der Waals surface area (Å²) in [6, 6.07) is 4.19. The third-order valence-electron chi connectivity index (χ3n) is 4.73. The largest absolute Gasteiger partial charge is 0.483 e. The van der Waals surface area contributed by atoms with E-state index in [0.29, 0.717) is 13.1 Å². The number of piperidine rings is 1. The smallest absolute Gasteiger partial charge is 0.319 e. The average Bonchev–Trinajstić information content (AvgIpc) is 2.58. The molecule has 6 heteroatoms. The van der Waals surface area contributed by atoms with E-state index in [1.165, 1.54) is 0 Å². The molecule has 1 aliphatic rings. The molecule has 1 heterocycles. The third kappa shape index (κ3) is 4.87. The first-order valence-corrected chi connectivity index (χ1v) is 8.74. The highest BCUT2D eigenvalue weighted by Crippen LogP contribution is 2.25. The summed E-state index contributed by atoms with van der Waals surface area (Å²) in [5.74, 6) is 0.680. The molecule has 0 bridgehead atoms. The van der Waals surface area contributed by atoms with Crippen LogP contribution in [0.15, 0.2) is 12.1 Å². The van der Waals surface area contributed by atoms with Crippen molar-refractivity contribution in [3.8, 4) is 5.75 Å². The van der Waals surface area contributed by atoms with Crippen LogP contribution >= 0.6 is 0 Å². The van der Waals surface area contributed by atoms with Gasteiger partial charge in [0.1, 0.15) is 5.75 Å². The van der Waals surface area contributed by atoms with E-state index in [1.54, 1.807) is 19.0 Å². The number of carbonyl (C=O) groups is 2. The van der Waals surface area contributed by atoms with Gasteiger partial charge in [0, 0.05) is 33.2 Å². The summed E-state index contributed by atoms with van der Waals surface area (Å²) in [6.07, 6.45) is 1.54. The second kappa shape index (κ2) is 8.23. The van der Waals surface area contributed by atoms with E-state index in [-0.39, 0.29) is 24.6 Å². The third-order valence-corrected chi connectivity index (χ3v) is 4.73. The van der Waals surface area contributed by atoms with Crippen LogP contribution in [0.25, 0.3) is 0 Å². The van der Waals surface area contributed by atoms with E-state index < -0.39 is 0 Å². The zero-order valence-corrected chi connectivity index (χ0v) is 15.9. The van der Waals surface area contributed by atoms with Gasteiger partial charge in [0.2, 0.25) is 0 Å². The van der Waals surface area contributed by atoms with Crippen molar-refractivity contribution in [3.05, 3.63) is 28.8 Å². The molecule has 0 aromatic heterocycles. The average molecular weight is 347 g/mol. The van der Waals surface area contributed by atoms with E-state index in [4.69, 9.17) is 4.74 Å². The molecule has 1 aromatic rings. The Balaban J connectivity index is 1.81. The minimum absolute atomic E-state index is 0.0158. The van der Waals surface area contributed by atoms with Gasteiger partial charge < -0.3 is 19.9 Å². The minimum Gasteiger partial charge on any atom is -0.483 e. The van der Waals surface area contributed by atoms with Crippen molar-refractivity contribution in [3.63, 3.8) is 0 Å². The first-order valence-electron chi connectivity index (χ1n) is 8.74. The van der Waals surface area contributed by atoms with E-state index in [9.17, 15) is 9.59 Å². The van der Waals surface area contributed by atoms with Crippen molar-refractivity contribution in [1.29, 1.82) is 0 Å². The van der Waals surface area contributed by atoms with Crippen molar-refractivity contribution in [1.82, 2.24) is 15.1 Å². The standard InChI is InChI=1S/C19H29N3O3/c1-13-6-7-14(2)18(15(13)3)25-12-17(23)20-16-8-10-22(11-9-16)19(24)21(4)5/h6-7,16H,8-12H2,1-5H3,(H,20,23). The molecule has 1 aromatic carbocycles. The van der Waals surface area contributed by atoms with Gasteiger partial charge in [0.25, 0.3) is 5.91 Å². The van der Waals surface area contributed by atoms with Crippen LogP contribution in [-0.2, 0) is 4.79 Å². The molecule has 1 fully saturated rings. The highest BCUT2D eigenvalue weighted by Gasteiger charge is 2.24. The fraction of sp³-hybridized carbons (Fsp3) is 0.579. The molecule has 0 saturated carbocycles. The maximum absolute atomic E-state index is 12.2. The molecule has 0 atom stereocenters. The highest BCUT2D eigenvalue weighted by atomic mass is 16.5. The first-order chi connectivity index (χ1) is 11.8. The monoisotopic (exact) mass is 347 g/mol. The maximum Gasteiger partial charge on any atom is 0.319 e. The molecule has 25 heavy (non-hydrogen) atoms. The molecule has 0 spiro atoms. The molecule has 3 amide bonds. The Labute approximate surface area is 150 Å². The van der Waals surface area contributed by atoms with Crippen LogP contribution in [0.3, 0.4) is 0 Å². The SMILES string of the molecule is Cc1ccc(C)c(OCC(=O)NC2CCN(C(=O)N(C)C)CC2)c1C. The zero-order chi connectivity index (χ0) is 18.6. The fourth-order valence-corrected chi connectivity index (χ4v) is 3.05. The lowest BCUT2D eigenvalue weighted by Crippen LogP contribution is -2.49. The molecule has 1 saturated heterocycles. The molecular formula is C19H29N3O3. The van der Waals surface area contributed by atoms with Gasteiger partial charge in [-0.25, -0.2) is 4.79 Å². The number of amides is 3. The van der Waals surface area contributed by atoms with Crippen LogP contribution < -0.4 is 10.1 Å². The van der Waals surface area contributed by atoms with Gasteiger partial charge in [0.15, 0.2) is 6.61 Å². The number of likely N-dealkylation sites (tertiary alicyclic amines) is 1. The second-order valence-electron chi connectivity index (χ2n) is 6.95. The maximum atomic E-state index is 12.2. The number of nitrogens with zero attached hydrogens (tertiary/aromatic N) is 2. The lowest BCUT2D eigenvalue weighted by molar-refractivity contribution is -0.124. The van der Waals surface area contributed by atoms with Gasteiger partial charge in [-0.15, -0.1) is 0 Å². The number of benzene rings is 1. The van der Waals surface area contributed by atoms with E-state index in [2.05, 4.69) is 11.4 Å². The Morgan fingerprint density at radius 2 is 1.76 bits per heavy atom. The Kier molecular flexibility index (Phi) is 6.28. The van der Waals surface area contributed by atoms with Crippen molar-refractivity contribution < 1.29 is 14.3 Å². The van der Waals surface area contributed by atoms with Gasteiger partial charge in [-0.3, -0.25) is 4.79 Å². The number of hydrogen-bond donors (Lipinski definition) is 1. The van der Waals surface area contributed by atoms with E-state index in [1.807, 2.05) is 31.7 Å². The summed E-state index contributed by atoms with van der Waals surface area (Å²) in [5.41, 5.74) is 3.26. The van der Waals surface area contributed by atoms with Crippen LogP contribution in [-0.4, -0.2) is 61.6 Å². The predicted octanol–water partition coefficient (Wildman–Crippen LogP) is 2.25. The van der Waals surface area contributed by atoms with Gasteiger partial charge in [-0.05, 0) is 50.3 Å². The van der Waals surface area contributed by atoms with Crippen LogP contribution in [0, 0.1) is 20.8 Å². The first kappa shape index (κ1) is 19.1. The molecule has 0 radical (unpaired) electrons. The summed E-state index contributed by atoms with van der Waals surface area (Å²) in [4.78, 5) is 27.5.